The van der Waals surface area contributed by atoms with Crippen LogP contribution in [0.15, 0.2) is 11.4 Å². The molecule has 0 aliphatic rings. The Morgan fingerprint density at radius 3 is 2.50 bits per heavy atom. The number of hydrogen-bond donors (Lipinski definition) is 4. The zero-order valence-corrected chi connectivity index (χ0v) is 16.3. The van der Waals surface area contributed by atoms with E-state index in [1.807, 2.05) is 32.3 Å². The van der Waals surface area contributed by atoms with E-state index in [1.54, 1.807) is 13.8 Å². The van der Waals surface area contributed by atoms with Crippen molar-refractivity contribution >= 4 is 28.3 Å². The van der Waals surface area contributed by atoms with Crippen molar-refractivity contribution in [1.82, 2.24) is 14.9 Å². The van der Waals surface area contributed by atoms with Crippen LogP contribution in [0.4, 0.5) is 5.13 Å². The molecule has 0 aliphatic carbocycles. The lowest BCUT2D eigenvalue weighted by molar-refractivity contribution is -0.141. The highest BCUT2D eigenvalue weighted by Crippen LogP contribution is 2.29. The number of carboxylic acids is 1. The fraction of sp³-hybridized carbons (Fsp3) is 0.471. The Morgan fingerprint density at radius 1 is 1.35 bits per heavy atom. The van der Waals surface area contributed by atoms with Crippen LogP contribution < -0.4 is 16.4 Å². The predicted molar refractivity (Wildman–Crippen MR) is 102 cm³/mol. The SMILES string of the molecule is Cc1cc(-c2csc(NC(=O)[C@@H](N)N[C@H](C(=O)O)C(C)C)n2)c(C)n1C. The van der Waals surface area contributed by atoms with Crippen LogP contribution in [0.3, 0.4) is 0 Å². The number of aryl methyl sites for hydroxylation is 1. The van der Waals surface area contributed by atoms with E-state index in [2.05, 4.69) is 20.2 Å². The van der Waals surface area contributed by atoms with Gasteiger partial charge in [0.2, 0.25) is 0 Å². The largest absolute Gasteiger partial charge is 0.480 e. The normalized spacial score (nSPS) is 13.7. The van der Waals surface area contributed by atoms with Crippen LogP contribution >= 0.6 is 11.3 Å². The lowest BCUT2D eigenvalue weighted by atomic mass is 10.0. The maximum Gasteiger partial charge on any atom is 0.321 e. The minimum absolute atomic E-state index is 0.206. The molecular weight excluding hydrogens is 354 g/mol. The van der Waals surface area contributed by atoms with E-state index in [0.29, 0.717) is 5.13 Å². The van der Waals surface area contributed by atoms with Crippen LogP contribution in [-0.4, -0.2) is 38.7 Å². The second-order valence-electron chi connectivity index (χ2n) is 6.58. The van der Waals surface area contributed by atoms with Crippen molar-refractivity contribution in [3.8, 4) is 11.3 Å². The molecule has 0 aliphatic heterocycles. The Balaban J connectivity index is 2.07. The molecular formula is C17H25N5O3S. The average molecular weight is 379 g/mol. The second-order valence-corrected chi connectivity index (χ2v) is 7.43. The summed E-state index contributed by atoms with van der Waals surface area (Å²) in [6.45, 7) is 7.52. The molecule has 0 fully saturated rings. The number of nitrogens with one attached hydrogen (secondary N) is 2. The second kappa shape index (κ2) is 7.98. The minimum atomic E-state index is -1.15. The molecule has 0 bridgehead atoms. The van der Waals surface area contributed by atoms with Gasteiger partial charge in [-0.15, -0.1) is 11.3 Å². The van der Waals surface area contributed by atoms with Gasteiger partial charge in [-0.1, -0.05) is 13.8 Å². The van der Waals surface area contributed by atoms with Crippen molar-refractivity contribution in [2.45, 2.75) is 39.9 Å². The number of carbonyl (C=O) groups excluding carboxylic acids is 1. The third-order valence-corrected chi connectivity index (χ3v) is 5.12. The summed E-state index contributed by atoms with van der Waals surface area (Å²) in [5, 5.41) is 16.7. The fourth-order valence-corrected chi connectivity index (χ4v) is 3.28. The van der Waals surface area contributed by atoms with Crippen molar-refractivity contribution in [2.75, 3.05) is 5.32 Å². The number of carboxylic acid groups (broad SMARTS) is 1. The van der Waals surface area contributed by atoms with Crippen LogP contribution in [0.1, 0.15) is 25.2 Å². The highest BCUT2D eigenvalue weighted by Gasteiger charge is 2.26. The molecule has 0 unspecified atom stereocenters. The smallest absolute Gasteiger partial charge is 0.321 e. The fourth-order valence-electron chi connectivity index (χ4n) is 2.57. The highest BCUT2D eigenvalue weighted by molar-refractivity contribution is 7.14. The lowest BCUT2D eigenvalue weighted by Crippen LogP contribution is -2.55. The van der Waals surface area contributed by atoms with Gasteiger partial charge < -0.3 is 15.4 Å². The number of anilines is 1. The topological polar surface area (TPSA) is 122 Å². The molecule has 2 rings (SSSR count). The molecule has 2 heterocycles. The first kappa shape index (κ1) is 20.1. The van der Waals surface area contributed by atoms with E-state index < -0.39 is 24.1 Å². The summed E-state index contributed by atoms with van der Waals surface area (Å²) in [6.07, 6.45) is -1.15. The lowest BCUT2D eigenvalue weighted by Gasteiger charge is -2.21. The monoisotopic (exact) mass is 379 g/mol. The number of nitrogens with zero attached hydrogens (tertiary/aromatic N) is 2. The summed E-state index contributed by atoms with van der Waals surface area (Å²) < 4.78 is 2.07. The van der Waals surface area contributed by atoms with E-state index in [1.165, 1.54) is 11.3 Å². The molecule has 0 saturated heterocycles. The van der Waals surface area contributed by atoms with Crippen molar-refractivity contribution in [1.29, 1.82) is 0 Å². The summed E-state index contributed by atoms with van der Waals surface area (Å²) in [5.41, 5.74) is 9.79. The third-order valence-electron chi connectivity index (χ3n) is 4.36. The van der Waals surface area contributed by atoms with Crippen LogP contribution in [0.5, 0.6) is 0 Å². The molecule has 0 aromatic carbocycles. The Kier molecular flexibility index (Phi) is 6.17. The van der Waals surface area contributed by atoms with Gasteiger partial charge >= 0.3 is 5.97 Å². The number of nitrogens with two attached hydrogens (primary N) is 1. The third kappa shape index (κ3) is 4.29. The van der Waals surface area contributed by atoms with Gasteiger partial charge in [0.25, 0.3) is 5.91 Å². The van der Waals surface area contributed by atoms with Gasteiger partial charge in [-0.2, -0.15) is 0 Å². The van der Waals surface area contributed by atoms with E-state index in [4.69, 9.17) is 5.73 Å². The zero-order chi connectivity index (χ0) is 19.6. The van der Waals surface area contributed by atoms with E-state index in [0.717, 1.165) is 22.6 Å². The van der Waals surface area contributed by atoms with Gasteiger partial charge in [0.15, 0.2) is 5.13 Å². The van der Waals surface area contributed by atoms with E-state index in [9.17, 15) is 14.7 Å². The molecule has 0 spiro atoms. The van der Waals surface area contributed by atoms with Crippen molar-refractivity contribution in [3.05, 3.63) is 22.8 Å². The predicted octanol–water partition coefficient (Wildman–Crippen LogP) is 1.69. The van der Waals surface area contributed by atoms with Gasteiger partial charge in [-0.3, -0.25) is 20.2 Å². The number of thiazole rings is 1. The summed E-state index contributed by atoms with van der Waals surface area (Å²) in [6, 6.07) is 1.14. The molecule has 2 aromatic rings. The zero-order valence-electron chi connectivity index (χ0n) is 15.5. The Morgan fingerprint density at radius 2 is 2.00 bits per heavy atom. The van der Waals surface area contributed by atoms with Gasteiger partial charge in [0, 0.05) is 29.4 Å². The Hall–Kier alpha value is -2.23. The highest BCUT2D eigenvalue weighted by atomic mass is 32.1. The molecule has 0 saturated carbocycles. The van der Waals surface area contributed by atoms with Gasteiger partial charge in [0.1, 0.15) is 12.2 Å². The molecule has 2 atom stereocenters. The summed E-state index contributed by atoms with van der Waals surface area (Å²) >= 11 is 1.29. The maximum absolute atomic E-state index is 12.2. The maximum atomic E-state index is 12.2. The van der Waals surface area contributed by atoms with Crippen LogP contribution in [-0.2, 0) is 16.6 Å². The quantitative estimate of drug-likeness (QED) is 0.543. The Bertz CT molecular complexity index is 811. The minimum Gasteiger partial charge on any atom is -0.480 e. The van der Waals surface area contributed by atoms with E-state index in [-0.39, 0.29) is 5.92 Å². The first-order chi connectivity index (χ1) is 12.1. The molecule has 5 N–H and O–H groups in total. The van der Waals surface area contributed by atoms with Gasteiger partial charge in [-0.05, 0) is 25.8 Å². The number of aliphatic carboxylic acids is 1. The number of rotatable bonds is 7. The standard InChI is InChI=1S/C17H25N5O3S/c1-8(2)13(16(24)25)20-14(18)15(23)21-17-19-12(7-26-17)11-6-9(3)22(5)10(11)4/h6-8,13-14,20H,18H2,1-5H3,(H,24,25)(H,19,21,23)/t13-,14-/m0/s1. The number of aromatic nitrogens is 2. The molecule has 1 amide bonds. The van der Waals surface area contributed by atoms with Crippen molar-refractivity contribution in [3.63, 3.8) is 0 Å². The van der Waals surface area contributed by atoms with Crippen LogP contribution in [0.2, 0.25) is 0 Å². The van der Waals surface area contributed by atoms with Crippen LogP contribution in [0.25, 0.3) is 11.3 Å². The molecule has 26 heavy (non-hydrogen) atoms. The molecule has 2 aromatic heterocycles. The van der Waals surface area contributed by atoms with Crippen LogP contribution in [0, 0.1) is 19.8 Å². The van der Waals surface area contributed by atoms with Gasteiger partial charge in [-0.25, -0.2) is 4.98 Å². The average Bonchev–Trinajstić information content (AvgIpc) is 3.11. The first-order valence-electron chi connectivity index (χ1n) is 8.26. The molecule has 8 nitrogen and oxygen atoms in total. The number of carbonyl (C=O) groups is 2. The molecule has 142 valence electrons. The van der Waals surface area contributed by atoms with Crippen molar-refractivity contribution < 1.29 is 14.7 Å². The number of amides is 1. The first-order valence-corrected chi connectivity index (χ1v) is 9.14. The number of hydrogen-bond acceptors (Lipinski definition) is 6. The Labute approximate surface area is 156 Å². The van der Waals surface area contributed by atoms with Gasteiger partial charge in [0.05, 0.1) is 5.69 Å². The molecule has 9 heteroatoms. The van der Waals surface area contributed by atoms with E-state index >= 15 is 0 Å². The summed E-state index contributed by atoms with van der Waals surface area (Å²) in [4.78, 5) is 27.9. The van der Waals surface area contributed by atoms with Crippen molar-refractivity contribution in [2.24, 2.45) is 18.7 Å². The summed E-state index contributed by atoms with van der Waals surface area (Å²) in [7, 11) is 1.99. The summed E-state index contributed by atoms with van der Waals surface area (Å²) in [5.74, 6) is -1.78. The molecule has 0 radical (unpaired) electrons.